The molecular weight excluding hydrogens is 461 g/mol. The van der Waals surface area contributed by atoms with Crippen molar-refractivity contribution in [1.82, 2.24) is 9.88 Å². The predicted molar refractivity (Wildman–Crippen MR) is 135 cm³/mol. The predicted octanol–water partition coefficient (Wildman–Crippen LogP) is 4.67. The van der Waals surface area contributed by atoms with Gasteiger partial charge in [0.1, 0.15) is 17.7 Å². The van der Waals surface area contributed by atoms with Gasteiger partial charge in [-0.2, -0.15) is 0 Å². The van der Waals surface area contributed by atoms with Crippen LogP contribution in [0, 0.1) is 5.82 Å². The Morgan fingerprint density at radius 2 is 2.17 bits per heavy atom. The third kappa shape index (κ3) is 5.88. The molecule has 2 saturated heterocycles. The van der Waals surface area contributed by atoms with Crippen LogP contribution in [0.1, 0.15) is 73.1 Å². The maximum absolute atomic E-state index is 14.2. The number of aliphatic carboxylic acids is 1. The van der Waals surface area contributed by atoms with E-state index < -0.39 is 17.8 Å². The van der Waals surface area contributed by atoms with Crippen LogP contribution in [0.4, 0.5) is 10.2 Å². The molecule has 8 heteroatoms. The van der Waals surface area contributed by atoms with Crippen molar-refractivity contribution >= 4 is 11.8 Å². The zero-order chi connectivity index (χ0) is 24.9. The van der Waals surface area contributed by atoms with E-state index in [4.69, 9.17) is 14.5 Å². The van der Waals surface area contributed by atoms with E-state index in [0.29, 0.717) is 31.9 Å². The van der Waals surface area contributed by atoms with E-state index in [1.807, 2.05) is 4.90 Å². The van der Waals surface area contributed by atoms with E-state index in [-0.39, 0.29) is 12.2 Å². The molecule has 2 N–H and O–H groups in total. The molecule has 0 bridgehead atoms. The molecule has 2 fully saturated rings. The largest absolute Gasteiger partial charge is 0.480 e. The van der Waals surface area contributed by atoms with Crippen molar-refractivity contribution in [2.24, 2.45) is 0 Å². The molecule has 7 nitrogen and oxygen atoms in total. The van der Waals surface area contributed by atoms with Gasteiger partial charge in [-0.1, -0.05) is 12.1 Å². The second-order valence-electron chi connectivity index (χ2n) is 10.1. The fourth-order valence-electron chi connectivity index (χ4n) is 5.68. The first kappa shape index (κ1) is 25.1. The number of unbranched alkanes of at least 4 members (excludes halogenated alkanes) is 1. The van der Waals surface area contributed by atoms with Crippen LogP contribution in [0.3, 0.4) is 0 Å². The highest BCUT2D eigenvalue weighted by atomic mass is 19.1. The Bertz CT molecular complexity index is 1060. The Balaban J connectivity index is 1.12. The van der Waals surface area contributed by atoms with Gasteiger partial charge in [0, 0.05) is 38.5 Å². The Morgan fingerprint density at radius 1 is 1.25 bits per heavy atom. The van der Waals surface area contributed by atoms with E-state index in [1.54, 1.807) is 6.07 Å². The number of nitrogens with zero attached hydrogens (tertiary/aromatic N) is 2. The number of carboxylic acids is 1. The summed E-state index contributed by atoms with van der Waals surface area (Å²) in [6.45, 7) is 3.41. The van der Waals surface area contributed by atoms with Gasteiger partial charge in [0.05, 0.1) is 12.2 Å². The zero-order valence-electron chi connectivity index (χ0n) is 20.8. The molecule has 0 unspecified atom stereocenters. The molecule has 0 amide bonds. The van der Waals surface area contributed by atoms with Gasteiger partial charge >= 0.3 is 5.97 Å². The average Bonchev–Trinajstić information content (AvgIpc) is 3.57. The number of likely N-dealkylation sites (tertiary alicyclic amines) is 1. The summed E-state index contributed by atoms with van der Waals surface area (Å²) in [7, 11) is 0. The van der Waals surface area contributed by atoms with Gasteiger partial charge in [0.2, 0.25) is 0 Å². The number of aromatic nitrogens is 1. The quantitative estimate of drug-likeness (QED) is 0.462. The Kier molecular flexibility index (Phi) is 8.14. The summed E-state index contributed by atoms with van der Waals surface area (Å²) < 4.78 is 26.1. The number of rotatable bonds is 10. The molecule has 0 saturated carbocycles. The molecule has 3 aliphatic heterocycles. The van der Waals surface area contributed by atoms with Crippen LogP contribution in [0.15, 0.2) is 30.3 Å². The summed E-state index contributed by atoms with van der Waals surface area (Å²) in [5.74, 6) is -0.350. The highest BCUT2D eigenvalue weighted by Gasteiger charge is 2.37. The lowest BCUT2D eigenvalue weighted by molar-refractivity contribution is -0.143. The summed E-state index contributed by atoms with van der Waals surface area (Å²) in [6, 6.07) is 7.87. The first-order valence-corrected chi connectivity index (χ1v) is 13.3. The average molecular weight is 498 g/mol. The third-order valence-corrected chi connectivity index (χ3v) is 7.53. The molecule has 2 aromatic rings. The van der Waals surface area contributed by atoms with Gasteiger partial charge in [-0.25, -0.2) is 9.37 Å². The van der Waals surface area contributed by atoms with Crippen molar-refractivity contribution < 1.29 is 23.8 Å². The van der Waals surface area contributed by atoms with Crippen molar-refractivity contribution in [3.8, 4) is 0 Å². The SMILES string of the molecule is O=C(O)[C@@H](c1cc(F)ccc1[C@H]1CCCO1)N1CC[C@@H](OCCCCc2ccc3c(n2)NCCC3)C1. The summed E-state index contributed by atoms with van der Waals surface area (Å²) in [5.41, 5.74) is 3.70. The van der Waals surface area contributed by atoms with Crippen LogP contribution in [0.5, 0.6) is 0 Å². The molecule has 4 heterocycles. The van der Waals surface area contributed by atoms with Crippen molar-refractivity contribution in [3.63, 3.8) is 0 Å². The molecule has 3 aliphatic rings. The topological polar surface area (TPSA) is 83.9 Å². The normalized spacial score (nSPS) is 22.8. The van der Waals surface area contributed by atoms with E-state index >= 15 is 0 Å². The van der Waals surface area contributed by atoms with Crippen molar-refractivity contribution in [2.45, 2.75) is 69.6 Å². The lowest BCUT2D eigenvalue weighted by Gasteiger charge is -2.28. The first-order chi connectivity index (χ1) is 17.6. The van der Waals surface area contributed by atoms with Gasteiger partial charge in [-0.3, -0.25) is 9.69 Å². The number of pyridine rings is 1. The summed E-state index contributed by atoms with van der Waals surface area (Å²) in [4.78, 5) is 19.0. The fourth-order valence-corrected chi connectivity index (χ4v) is 5.68. The first-order valence-electron chi connectivity index (χ1n) is 13.3. The van der Waals surface area contributed by atoms with Gasteiger partial charge < -0.3 is 19.9 Å². The van der Waals surface area contributed by atoms with Crippen LogP contribution in [0.2, 0.25) is 0 Å². The highest BCUT2D eigenvalue weighted by Crippen LogP contribution is 2.37. The number of carboxylic acid groups (broad SMARTS) is 1. The third-order valence-electron chi connectivity index (χ3n) is 7.53. The summed E-state index contributed by atoms with van der Waals surface area (Å²) in [5, 5.41) is 13.5. The number of halogens is 1. The second kappa shape index (κ2) is 11.7. The summed E-state index contributed by atoms with van der Waals surface area (Å²) in [6.07, 6.45) is 7.44. The molecule has 0 radical (unpaired) electrons. The fraction of sp³-hybridized carbons (Fsp3) is 0.571. The number of carbonyl (C=O) groups is 1. The van der Waals surface area contributed by atoms with Crippen LogP contribution in [-0.4, -0.2) is 59.9 Å². The number of aryl methyl sites for hydroxylation is 2. The number of fused-ring (bicyclic) bond motifs is 1. The zero-order valence-corrected chi connectivity index (χ0v) is 20.8. The van der Waals surface area contributed by atoms with Gasteiger partial charge in [-0.15, -0.1) is 0 Å². The van der Waals surface area contributed by atoms with E-state index in [2.05, 4.69) is 17.4 Å². The van der Waals surface area contributed by atoms with Gasteiger partial charge in [-0.05, 0) is 86.3 Å². The highest BCUT2D eigenvalue weighted by molar-refractivity contribution is 5.76. The molecule has 5 rings (SSSR count). The number of hydrogen-bond donors (Lipinski definition) is 2. The van der Waals surface area contributed by atoms with Crippen LogP contribution >= 0.6 is 0 Å². The molecule has 3 atom stereocenters. The standard InChI is InChI=1S/C28H36FN3O4/c29-20-9-11-23(25-7-4-16-36-25)24(17-20)26(28(33)34)32-14-12-22(18-32)35-15-2-1-6-21-10-8-19-5-3-13-30-27(19)31-21/h8-11,17,22,25-26H,1-7,12-16,18H2,(H,30,31)(H,33,34)/t22-,25-,26-/m1/s1. The summed E-state index contributed by atoms with van der Waals surface area (Å²) >= 11 is 0. The van der Waals surface area contributed by atoms with Crippen LogP contribution < -0.4 is 5.32 Å². The van der Waals surface area contributed by atoms with Gasteiger partial charge in [0.15, 0.2) is 0 Å². The number of anilines is 1. The minimum atomic E-state index is -0.965. The van der Waals surface area contributed by atoms with Crippen molar-refractivity contribution in [2.75, 3.05) is 38.2 Å². The van der Waals surface area contributed by atoms with E-state index in [0.717, 1.165) is 75.0 Å². The maximum atomic E-state index is 14.2. The van der Waals surface area contributed by atoms with Crippen LogP contribution in [-0.2, 0) is 27.1 Å². The number of benzene rings is 1. The van der Waals surface area contributed by atoms with Crippen LogP contribution in [0.25, 0.3) is 0 Å². The minimum Gasteiger partial charge on any atom is -0.480 e. The molecular formula is C28H36FN3O4. The van der Waals surface area contributed by atoms with Crippen molar-refractivity contribution in [3.05, 3.63) is 58.5 Å². The number of hydrogen-bond acceptors (Lipinski definition) is 6. The number of nitrogens with one attached hydrogen (secondary N) is 1. The Labute approximate surface area is 212 Å². The number of ether oxygens (including phenoxy) is 2. The minimum absolute atomic E-state index is 0.0161. The molecule has 1 aromatic heterocycles. The Morgan fingerprint density at radius 3 is 3.00 bits per heavy atom. The monoisotopic (exact) mass is 497 g/mol. The lowest BCUT2D eigenvalue weighted by atomic mass is 9.94. The maximum Gasteiger partial charge on any atom is 0.325 e. The molecule has 0 aliphatic carbocycles. The second-order valence-corrected chi connectivity index (χ2v) is 10.1. The molecule has 0 spiro atoms. The van der Waals surface area contributed by atoms with E-state index in [9.17, 15) is 14.3 Å². The molecule has 1 aromatic carbocycles. The van der Waals surface area contributed by atoms with E-state index in [1.165, 1.54) is 17.7 Å². The molecule has 194 valence electrons. The lowest BCUT2D eigenvalue weighted by Crippen LogP contribution is -2.34. The molecule has 36 heavy (non-hydrogen) atoms. The Hall–Kier alpha value is -2.55. The van der Waals surface area contributed by atoms with Crippen molar-refractivity contribution in [1.29, 1.82) is 0 Å². The van der Waals surface area contributed by atoms with Gasteiger partial charge in [0.25, 0.3) is 0 Å². The smallest absolute Gasteiger partial charge is 0.325 e.